The Morgan fingerprint density at radius 1 is 1.08 bits per heavy atom. The van der Waals surface area contributed by atoms with E-state index >= 15 is 0 Å². The summed E-state index contributed by atoms with van der Waals surface area (Å²) in [5.74, 6) is 1.14. The first-order valence-electron chi connectivity index (χ1n) is 10.5. The van der Waals surface area contributed by atoms with Crippen molar-refractivity contribution < 1.29 is 0 Å². The predicted octanol–water partition coefficient (Wildman–Crippen LogP) is 3.11. The first-order valence-corrected chi connectivity index (χ1v) is 10.5. The number of hydrogen-bond donors (Lipinski definition) is 1. The van der Waals surface area contributed by atoms with Crippen LogP contribution in [0.3, 0.4) is 0 Å². The summed E-state index contributed by atoms with van der Waals surface area (Å²) < 4.78 is 0. The number of piperidine rings is 1. The summed E-state index contributed by atoms with van der Waals surface area (Å²) in [6.45, 7) is 17.0. The summed E-state index contributed by atoms with van der Waals surface area (Å²) in [6, 6.07) is 0. The van der Waals surface area contributed by atoms with Crippen molar-refractivity contribution in [1.82, 2.24) is 20.0 Å². The van der Waals surface area contributed by atoms with Crippen LogP contribution in [0.4, 0.5) is 0 Å². The molecule has 0 radical (unpaired) electrons. The summed E-state index contributed by atoms with van der Waals surface area (Å²) in [5.41, 5.74) is 0.457. The van der Waals surface area contributed by atoms with E-state index in [1.807, 2.05) is 0 Å². The van der Waals surface area contributed by atoms with E-state index in [2.05, 4.69) is 47.8 Å². The minimum absolute atomic E-state index is 0. The number of halogens is 1. The van der Waals surface area contributed by atoms with Gasteiger partial charge in [0.15, 0.2) is 5.96 Å². The van der Waals surface area contributed by atoms with E-state index in [0.29, 0.717) is 5.41 Å². The molecule has 0 aromatic carbocycles. The van der Waals surface area contributed by atoms with E-state index in [4.69, 9.17) is 4.99 Å². The molecular weight excluding hydrogens is 437 g/mol. The van der Waals surface area contributed by atoms with Gasteiger partial charge in [-0.25, -0.2) is 0 Å². The van der Waals surface area contributed by atoms with Crippen LogP contribution in [0.1, 0.15) is 52.9 Å². The van der Waals surface area contributed by atoms with Gasteiger partial charge in [0.25, 0.3) is 0 Å². The van der Waals surface area contributed by atoms with Crippen molar-refractivity contribution in [3.8, 4) is 0 Å². The highest BCUT2D eigenvalue weighted by atomic mass is 127. The summed E-state index contributed by atoms with van der Waals surface area (Å²) >= 11 is 0. The Labute approximate surface area is 179 Å². The first kappa shape index (κ1) is 24.0. The molecule has 2 aliphatic heterocycles. The van der Waals surface area contributed by atoms with Crippen LogP contribution in [0.25, 0.3) is 0 Å². The minimum Gasteiger partial charge on any atom is -0.357 e. The molecule has 0 saturated carbocycles. The highest BCUT2D eigenvalue weighted by Gasteiger charge is 2.31. The highest BCUT2D eigenvalue weighted by Crippen LogP contribution is 2.33. The average molecular weight is 479 g/mol. The van der Waals surface area contributed by atoms with Crippen LogP contribution in [-0.4, -0.2) is 86.6 Å². The lowest BCUT2D eigenvalue weighted by Gasteiger charge is -2.42. The van der Waals surface area contributed by atoms with Crippen LogP contribution in [0, 0.1) is 5.41 Å². The lowest BCUT2D eigenvalue weighted by atomic mass is 9.78. The molecule has 5 nitrogen and oxygen atoms in total. The maximum Gasteiger partial charge on any atom is 0.193 e. The molecule has 2 aliphatic rings. The topological polar surface area (TPSA) is 34.1 Å². The number of rotatable bonds is 6. The molecule has 2 heterocycles. The fourth-order valence-electron chi connectivity index (χ4n) is 4.35. The van der Waals surface area contributed by atoms with Crippen molar-refractivity contribution in [2.75, 3.05) is 66.0 Å². The Bertz CT molecular complexity index is 413. The largest absolute Gasteiger partial charge is 0.357 e. The quantitative estimate of drug-likeness (QED) is 0.361. The summed E-state index contributed by atoms with van der Waals surface area (Å²) in [6.07, 6.45) is 6.53. The van der Waals surface area contributed by atoms with Crippen LogP contribution in [0.15, 0.2) is 4.99 Å². The van der Waals surface area contributed by atoms with Crippen LogP contribution in [-0.2, 0) is 0 Å². The second-order valence-corrected chi connectivity index (χ2v) is 8.32. The maximum atomic E-state index is 4.98. The van der Waals surface area contributed by atoms with E-state index in [1.54, 1.807) is 0 Å². The van der Waals surface area contributed by atoms with E-state index in [0.717, 1.165) is 38.7 Å². The van der Waals surface area contributed by atoms with Gasteiger partial charge in [-0.15, -0.1) is 24.0 Å². The fourth-order valence-corrected chi connectivity index (χ4v) is 4.35. The molecule has 2 saturated heterocycles. The van der Waals surface area contributed by atoms with Crippen molar-refractivity contribution in [2.45, 2.75) is 52.9 Å². The molecule has 6 heteroatoms. The number of nitrogens with zero attached hydrogens (tertiary/aromatic N) is 4. The van der Waals surface area contributed by atoms with Gasteiger partial charge < -0.3 is 20.0 Å². The van der Waals surface area contributed by atoms with Gasteiger partial charge in [0.05, 0.1) is 6.54 Å². The van der Waals surface area contributed by atoms with Gasteiger partial charge in [-0.05, 0) is 58.2 Å². The van der Waals surface area contributed by atoms with Gasteiger partial charge in [0.2, 0.25) is 0 Å². The van der Waals surface area contributed by atoms with E-state index in [9.17, 15) is 0 Å². The molecule has 2 rings (SSSR count). The predicted molar refractivity (Wildman–Crippen MR) is 124 cm³/mol. The van der Waals surface area contributed by atoms with Gasteiger partial charge in [0, 0.05) is 39.3 Å². The normalized spacial score (nSPS) is 26.3. The Balaban J connectivity index is 0.00000338. The van der Waals surface area contributed by atoms with Crippen molar-refractivity contribution in [2.24, 2.45) is 10.4 Å². The SMILES string of the molecule is CCCC1(C)CCCN(C(=NCCN2CCCN(C)CC2)NCC)C1.I. The third-order valence-electron chi connectivity index (χ3n) is 5.76. The molecule has 0 aromatic heterocycles. The zero-order valence-electron chi connectivity index (χ0n) is 17.6. The van der Waals surface area contributed by atoms with Crippen LogP contribution >= 0.6 is 24.0 Å². The molecule has 0 aromatic rings. The number of likely N-dealkylation sites (N-methyl/N-ethyl adjacent to an activating group) is 1. The molecule has 26 heavy (non-hydrogen) atoms. The van der Waals surface area contributed by atoms with Gasteiger partial charge >= 0.3 is 0 Å². The third kappa shape index (κ3) is 7.89. The zero-order valence-corrected chi connectivity index (χ0v) is 19.9. The van der Waals surface area contributed by atoms with Crippen molar-refractivity contribution >= 4 is 29.9 Å². The van der Waals surface area contributed by atoms with Crippen LogP contribution in [0.5, 0.6) is 0 Å². The van der Waals surface area contributed by atoms with Crippen LogP contribution in [0.2, 0.25) is 0 Å². The summed E-state index contributed by atoms with van der Waals surface area (Å²) in [7, 11) is 2.23. The molecular formula is C20H42IN5. The molecule has 1 N–H and O–H groups in total. The number of nitrogens with one attached hydrogen (secondary N) is 1. The smallest absolute Gasteiger partial charge is 0.193 e. The van der Waals surface area contributed by atoms with Gasteiger partial charge in [-0.1, -0.05) is 20.3 Å². The van der Waals surface area contributed by atoms with Gasteiger partial charge in [-0.2, -0.15) is 0 Å². The summed E-state index contributed by atoms with van der Waals surface area (Å²) in [4.78, 5) is 12.5. The second kappa shape index (κ2) is 12.4. The lowest BCUT2D eigenvalue weighted by Crippen LogP contribution is -2.50. The molecule has 0 spiro atoms. The van der Waals surface area contributed by atoms with Gasteiger partial charge in [-0.3, -0.25) is 4.99 Å². The molecule has 0 amide bonds. The van der Waals surface area contributed by atoms with Crippen molar-refractivity contribution in [3.05, 3.63) is 0 Å². The number of aliphatic imine (C=N–C) groups is 1. The fraction of sp³-hybridized carbons (Fsp3) is 0.950. The molecule has 0 bridgehead atoms. The summed E-state index contributed by atoms with van der Waals surface area (Å²) in [5, 5.41) is 3.54. The van der Waals surface area contributed by atoms with Crippen LogP contribution < -0.4 is 5.32 Å². The molecule has 154 valence electrons. The molecule has 1 atom stereocenters. The Hall–Kier alpha value is -0.0800. The monoisotopic (exact) mass is 479 g/mol. The number of hydrogen-bond acceptors (Lipinski definition) is 3. The average Bonchev–Trinajstić information content (AvgIpc) is 2.78. The highest BCUT2D eigenvalue weighted by molar-refractivity contribution is 14.0. The maximum absolute atomic E-state index is 4.98. The number of guanidine groups is 1. The van der Waals surface area contributed by atoms with Gasteiger partial charge in [0.1, 0.15) is 0 Å². The molecule has 2 fully saturated rings. The minimum atomic E-state index is 0. The number of likely N-dealkylation sites (tertiary alicyclic amines) is 1. The van der Waals surface area contributed by atoms with Crippen molar-refractivity contribution in [3.63, 3.8) is 0 Å². The zero-order chi connectivity index (χ0) is 18.1. The lowest BCUT2D eigenvalue weighted by molar-refractivity contribution is 0.142. The first-order chi connectivity index (χ1) is 12.1. The Morgan fingerprint density at radius 3 is 2.62 bits per heavy atom. The Morgan fingerprint density at radius 2 is 1.88 bits per heavy atom. The Kier molecular flexibility index (Phi) is 11.4. The van der Waals surface area contributed by atoms with E-state index in [-0.39, 0.29) is 24.0 Å². The third-order valence-corrected chi connectivity index (χ3v) is 5.76. The molecule has 0 aliphatic carbocycles. The van der Waals surface area contributed by atoms with Crippen molar-refractivity contribution in [1.29, 1.82) is 0 Å². The van der Waals surface area contributed by atoms with E-state index in [1.165, 1.54) is 58.3 Å². The van der Waals surface area contributed by atoms with E-state index < -0.39 is 0 Å². The standard InChI is InChI=1S/C20H41N5.HI/c1-5-9-20(3)10-7-14-25(18-20)19(21-6-2)22-11-15-24-13-8-12-23(4)16-17-24;/h5-18H2,1-4H3,(H,21,22);1H. The molecule has 1 unspecified atom stereocenters. The second-order valence-electron chi connectivity index (χ2n) is 8.32.